The number of carbonyl (C=O) groups is 1. The van der Waals surface area contributed by atoms with E-state index < -0.39 is 0 Å². The van der Waals surface area contributed by atoms with Crippen molar-refractivity contribution in [2.24, 2.45) is 0 Å². The second-order valence-electron chi connectivity index (χ2n) is 6.00. The van der Waals surface area contributed by atoms with E-state index in [-0.39, 0.29) is 5.41 Å². The summed E-state index contributed by atoms with van der Waals surface area (Å²) in [6.07, 6.45) is 0. The summed E-state index contributed by atoms with van der Waals surface area (Å²) in [7, 11) is 1.68. The highest BCUT2D eigenvalue weighted by molar-refractivity contribution is 5.51. The molecule has 0 aliphatic heterocycles. The van der Waals surface area contributed by atoms with Crippen LogP contribution < -0.4 is 9.47 Å². The molecule has 0 radical (unpaired) electrons. The molecule has 0 heterocycles. The van der Waals surface area contributed by atoms with E-state index in [0.29, 0.717) is 12.2 Å². The number of hydrogen-bond acceptors (Lipinski definition) is 3. The van der Waals surface area contributed by atoms with Gasteiger partial charge in [0.25, 0.3) is 6.47 Å². The molecule has 22 heavy (non-hydrogen) atoms. The van der Waals surface area contributed by atoms with Crippen molar-refractivity contribution < 1.29 is 14.3 Å². The van der Waals surface area contributed by atoms with Gasteiger partial charge in [0.2, 0.25) is 0 Å². The predicted octanol–water partition coefficient (Wildman–Crippen LogP) is 4.17. The van der Waals surface area contributed by atoms with Crippen molar-refractivity contribution in [1.29, 1.82) is 0 Å². The third kappa shape index (κ3) is 2.98. The van der Waals surface area contributed by atoms with E-state index in [1.54, 1.807) is 7.11 Å². The van der Waals surface area contributed by atoms with E-state index in [4.69, 9.17) is 9.47 Å². The summed E-state index contributed by atoms with van der Waals surface area (Å²) >= 11 is 0. The van der Waals surface area contributed by atoms with Gasteiger partial charge in [-0.15, -0.1) is 0 Å². The number of benzene rings is 2. The number of methoxy groups -OCH3 is 1. The lowest BCUT2D eigenvalue weighted by molar-refractivity contribution is -0.120. The number of ether oxygens (including phenoxy) is 2. The van der Waals surface area contributed by atoms with Crippen LogP contribution in [0, 0.1) is 13.8 Å². The lowest BCUT2D eigenvalue weighted by Gasteiger charge is -2.27. The van der Waals surface area contributed by atoms with Gasteiger partial charge in [0.05, 0.1) is 7.11 Å². The van der Waals surface area contributed by atoms with Gasteiger partial charge in [0.15, 0.2) is 0 Å². The van der Waals surface area contributed by atoms with Gasteiger partial charge in [0.1, 0.15) is 11.5 Å². The molecule has 0 aliphatic rings. The van der Waals surface area contributed by atoms with Gasteiger partial charge >= 0.3 is 0 Å². The van der Waals surface area contributed by atoms with Crippen molar-refractivity contribution in [2.75, 3.05) is 7.11 Å². The first-order chi connectivity index (χ1) is 10.4. The zero-order valence-corrected chi connectivity index (χ0v) is 13.8. The second kappa shape index (κ2) is 6.22. The van der Waals surface area contributed by atoms with Crippen LogP contribution in [-0.2, 0) is 10.2 Å². The van der Waals surface area contributed by atoms with Gasteiger partial charge in [-0.2, -0.15) is 0 Å². The van der Waals surface area contributed by atoms with Crippen LogP contribution in [0.4, 0.5) is 0 Å². The largest absolute Gasteiger partial charge is 0.496 e. The molecule has 3 heteroatoms. The Balaban J connectivity index is 2.43. The first-order valence-electron chi connectivity index (χ1n) is 7.26. The maximum absolute atomic E-state index is 10.5. The molecule has 0 saturated heterocycles. The van der Waals surface area contributed by atoms with Crippen molar-refractivity contribution in [3.05, 3.63) is 58.7 Å². The molecule has 0 aromatic heterocycles. The van der Waals surface area contributed by atoms with Crippen LogP contribution in [-0.4, -0.2) is 13.6 Å². The fraction of sp³-hybridized carbons (Fsp3) is 0.316. The molecule has 0 fully saturated rings. The third-order valence-electron chi connectivity index (χ3n) is 4.19. The van der Waals surface area contributed by atoms with Crippen LogP contribution in [0.5, 0.6) is 11.5 Å². The van der Waals surface area contributed by atoms with Crippen LogP contribution in [0.2, 0.25) is 0 Å². The molecule has 2 rings (SSSR count). The van der Waals surface area contributed by atoms with Crippen molar-refractivity contribution in [1.82, 2.24) is 0 Å². The van der Waals surface area contributed by atoms with E-state index in [9.17, 15) is 4.79 Å². The number of aryl methyl sites for hydroxylation is 2. The van der Waals surface area contributed by atoms with Crippen molar-refractivity contribution in [3.63, 3.8) is 0 Å². The Morgan fingerprint density at radius 2 is 1.41 bits per heavy atom. The number of carbonyl (C=O) groups excluding carboxylic acids is 1. The van der Waals surface area contributed by atoms with Gasteiger partial charge in [-0.25, -0.2) is 0 Å². The smallest absolute Gasteiger partial charge is 0.298 e. The molecule has 0 N–H and O–H groups in total. The Bertz CT molecular complexity index is 687. The van der Waals surface area contributed by atoms with E-state index >= 15 is 0 Å². The van der Waals surface area contributed by atoms with Crippen LogP contribution in [0.1, 0.15) is 36.1 Å². The Hall–Kier alpha value is -2.29. The Morgan fingerprint density at radius 3 is 1.82 bits per heavy atom. The Labute approximate surface area is 131 Å². The number of hydrogen-bond donors (Lipinski definition) is 0. The zero-order chi connectivity index (χ0) is 16.3. The molecule has 3 nitrogen and oxygen atoms in total. The molecule has 2 aromatic rings. The highest BCUT2D eigenvalue weighted by atomic mass is 16.5. The third-order valence-corrected chi connectivity index (χ3v) is 4.19. The summed E-state index contributed by atoms with van der Waals surface area (Å²) < 4.78 is 10.3. The standard InChI is InChI=1S/C19H22O3/c1-13-10-15(6-8-17(13)21-5)19(3,4)16-7-9-18(22-12-20)14(2)11-16/h6-12H,1-5H3. The molecule has 0 unspecified atom stereocenters. The fourth-order valence-corrected chi connectivity index (χ4v) is 2.66. The summed E-state index contributed by atoms with van der Waals surface area (Å²) in [6.45, 7) is 8.81. The summed E-state index contributed by atoms with van der Waals surface area (Å²) in [5.41, 5.74) is 4.30. The molecule has 2 aromatic carbocycles. The highest BCUT2D eigenvalue weighted by Gasteiger charge is 2.24. The van der Waals surface area contributed by atoms with Gasteiger partial charge in [-0.3, -0.25) is 4.79 Å². The maximum atomic E-state index is 10.5. The van der Waals surface area contributed by atoms with Gasteiger partial charge in [0, 0.05) is 5.41 Å². The lowest BCUT2D eigenvalue weighted by atomic mass is 9.77. The van der Waals surface area contributed by atoms with Crippen LogP contribution in [0.3, 0.4) is 0 Å². The SMILES string of the molecule is COc1ccc(C(C)(C)c2ccc(OC=O)c(C)c2)cc1C. The monoisotopic (exact) mass is 298 g/mol. The second-order valence-corrected chi connectivity index (χ2v) is 6.00. The first kappa shape index (κ1) is 16.1. The highest BCUT2D eigenvalue weighted by Crippen LogP contribution is 2.35. The van der Waals surface area contributed by atoms with E-state index in [1.807, 2.05) is 32.0 Å². The molecule has 0 bridgehead atoms. The summed E-state index contributed by atoms with van der Waals surface area (Å²) in [6, 6.07) is 12.2. The Kier molecular flexibility index (Phi) is 4.55. The average Bonchev–Trinajstić information content (AvgIpc) is 2.49. The lowest BCUT2D eigenvalue weighted by Crippen LogP contribution is -2.19. The molecule has 0 amide bonds. The predicted molar refractivity (Wildman–Crippen MR) is 87.7 cm³/mol. The van der Waals surface area contributed by atoms with Crippen LogP contribution in [0.25, 0.3) is 0 Å². The minimum Gasteiger partial charge on any atom is -0.496 e. The van der Waals surface area contributed by atoms with Crippen molar-refractivity contribution >= 4 is 6.47 Å². The molecular weight excluding hydrogens is 276 g/mol. The van der Waals surface area contributed by atoms with E-state index in [0.717, 1.165) is 16.9 Å². The average molecular weight is 298 g/mol. The maximum Gasteiger partial charge on any atom is 0.298 e. The van der Waals surface area contributed by atoms with E-state index in [1.165, 1.54) is 11.1 Å². The molecule has 0 atom stereocenters. The topological polar surface area (TPSA) is 35.5 Å². The summed E-state index contributed by atoms with van der Waals surface area (Å²) in [4.78, 5) is 10.5. The quantitative estimate of drug-likeness (QED) is 0.777. The normalized spacial score (nSPS) is 11.1. The van der Waals surface area contributed by atoms with Crippen LogP contribution in [0.15, 0.2) is 36.4 Å². The van der Waals surface area contributed by atoms with Gasteiger partial charge < -0.3 is 9.47 Å². The molecule has 116 valence electrons. The first-order valence-corrected chi connectivity index (χ1v) is 7.26. The van der Waals surface area contributed by atoms with Crippen molar-refractivity contribution in [2.45, 2.75) is 33.1 Å². The Morgan fingerprint density at radius 1 is 0.909 bits per heavy atom. The van der Waals surface area contributed by atoms with Gasteiger partial charge in [-0.1, -0.05) is 38.1 Å². The number of rotatable bonds is 5. The molecule has 0 aliphatic carbocycles. The minimum atomic E-state index is -0.151. The zero-order valence-electron chi connectivity index (χ0n) is 13.8. The molecular formula is C19H22O3. The minimum absolute atomic E-state index is 0.151. The van der Waals surface area contributed by atoms with Crippen LogP contribution >= 0.6 is 0 Å². The summed E-state index contributed by atoms with van der Waals surface area (Å²) in [5, 5.41) is 0. The van der Waals surface area contributed by atoms with E-state index in [2.05, 4.69) is 32.0 Å². The van der Waals surface area contributed by atoms with Crippen molar-refractivity contribution in [3.8, 4) is 11.5 Å². The molecule has 0 spiro atoms. The van der Waals surface area contributed by atoms with Gasteiger partial charge in [-0.05, 0) is 48.2 Å². The molecule has 0 saturated carbocycles. The fourth-order valence-electron chi connectivity index (χ4n) is 2.66. The summed E-state index contributed by atoms with van der Waals surface area (Å²) in [5.74, 6) is 1.49.